The second-order valence-corrected chi connectivity index (χ2v) is 8.32. The Kier molecular flexibility index (Phi) is 7.53. The topological polar surface area (TPSA) is 89.0 Å². The van der Waals surface area contributed by atoms with E-state index in [9.17, 15) is 18.0 Å². The van der Waals surface area contributed by atoms with Crippen molar-refractivity contribution in [3.05, 3.63) is 30.1 Å². The number of carboxylic acid groups (broad SMARTS) is 1. The predicted molar refractivity (Wildman–Crippen MR) is 103 cm³/mol. The molecule has 10 heteroatoms. The van der Waals surface area contributed by atoms with E-state index in [2.05, 4.69) is 11.9 Å². The minimum absolute atomic E-state index is 0.240. The number of pyridine rings is 1. The van der Waals surface area contributed by atoms with Crippen LogP contribution in [0.15, 0.2) is 24.4 Å². The van der Waals surface area contributed by atoms with Gasteiger partial charge in [0.1, 0.15) is 0 Å². The van der Waals surface area contributed by atoms with E-state index >= 15 is 0 Å². The molecule has 5 atom stereocenters. The summed E-state index contributed by atoms with van der Waals surface area (Å²) in [6, 6.07) is 5.87. The molecule has 7 nitrogen and oxygen atoms in total. The molecule has 2 unspecified atom stereocenters. The van der Waals surface area contributed by atoms with E-state index in [4.69, 9.17) is 19.4 Å². The van der Waals surface area contributed by atoms with Gasteiger partial charge < -0.3 is 19.5 Å². The second-order valence-electron chi connectivity index (χ2n) is 8.32. The molecule has 2 aliphatic heterocycles. The van der Waals surface area contributed by atoms with Crippen molar-refractivity contribution in [2.24, 2.45) is 23.7 Å². The van der Waals surface area contributed by atoms with E-state index in [1.807, 2.05) is 23.1 Å². The lowest BCUT2D eigenvalue weighted by Crippen LogP contribution is -2.32. The number of alkyl halides is 3. The van der Waals surface area contributed by atoms with Gasteiger partial charge in [0.05, 0.1) is 25.0 Å². The van der Waals surface area contributed by atoms with Gasteiger partial charge in [0, 0.05) is 37.7 Å². The molecule has 172 valence electrons. The van der Waals surface area contributed by atoms with Crippen molar-refractivity contribution in [2.75, 3.05) is 26.3 Å². The first-order valence-electron chi connectivity index (χ1n) is 10.3. The lowest BCUT2D eigenvalue weighted by Gasteiger charge is -2.20. The van der Waals surface area contributed by atoms with Crippen LogP contribution in [-0.4, -0.2) is 65.5 Å². The Hall–Kier alpha value is -2.20. The van der Waals surface area contributed by atoms with E-state index < -0.39 is 12.1 Å². The Balaban J connectivity index is 0.000000339. The Bertz CT molecular complexity index is 761. The highest BCUT2D eigenvalue weighted by Gasteiger charge is 2.49. The van der Waals surface area contributed by atoms with Gasteiger partial charge in [-0.3, -0.25) is 9.78 Å². The number of ether oxygens (including phenoxy) is 2. The number of fused-ring (bicyclic) bond motifs is 1. The van der Waals surface area contributed by atoms with E-state index in [1.54, 1.807) is 6.20 Å². The largest absolute Gasteiger partial charge is 0.490 e. The molecule has 4 rings (SSSR count). The third kappa shape index (κ3) is 6.39. The first kappa shape index (κ1) is 23.5. The number of rotatable bonds is 6. The van der Waals surface area contributed by atoms with Gasteiger partial charge >= 0.3 is 12.1 Å². The van der Waals surface area contributed by atoms with Crippen LogP contribution in [0.2, 0.25) is 0 Å². The molecular weight excluding hydrogens is 417 g/mol. The van der Waals surface area contributed by atoms with Gasteiger partial charge in [-0.15, -0.1) is 0 Å². The van der Waals surface area contributed by atoms with Crippen LogP contribution in [0.25, 0.3) is 0 Å². The van der Waals surface area contributed by atoms with Crippen LogP contribution in [0.3, 0.4) is 0 Å². The summed E-state index contributed by atoms with van der Waals surface area (Å²) in [6.07, 6.45) is -0.991. The summed E-state index contributed by atoms with van der Waals surface area (Å²) >= 11 is 0. The number of halogens is 3. The molecule has 0 bridgehead atoms. The Morgan fingerprint density at radius 1 is 1.32 bits per heavy atom. The zero-order valence-electron chi connectivity index (χ0n) is 17.3. The van der Waals surface area contributed by atoms with Gasteiger partial charge in [0.15, 0.2) is 0 Å². The summed E-state index contributed by atoms with van der Waals surface area (Å²) < 4.78 is 43.5. The van der Waals surface area contributed by atoms with Gasteiger partial charge in [-0.05, 0) is 36.8 Å². The summed E-state index contributed by atoms with van der Waals surface area (Å²) in [7, 11) is 0. The average Bonchev–Trinajstić information content (AvgIpc) is 3.13. The lowest BCUT2D eigenvalue weighted by atomic mass is 9.91. The first-order valence-corrected chi connectivity index (χ1v) is 10.3. The number of carboxylic acids is 1. The molecule has 1 saturated carbocycles. The van der Waals surface area contributed by atoms with E-state index in [0.29, 0.717) is 30.3 Å². The summed E-state index contributed by atoms with van der Waals surface area (Å²) in [6.45, 7) is 5.92. The predicted octanol–water partition coefficient (Wildman–Crippen LogP) is 2.75. The van der Waals surface area contributed by atoms with Crippen LogP contribution >= 0.6 is 0 Å². The van der Waals surface area contributed by atoms with Gasteiger partial charge in [0.2, 0.25) is 5.91 Å². The molecule has 31 heavy (non-hydrogen) atoms. The average molecular weight is 444 g/mol. The Labute approximate surface area is 178 Å². The molecule has 1 amide bonds. The van der Waals surface area contributed by atoms with Crippen molar-refractivity contribution in [1.82, 2.24) is 9.88 Å². The first-order chi connectivity index (χ1) is 14.7. The van der Waals surface area contributed by atoms with Crippen molar-refractivity contribution in [1.29, 1.82) is 0 Å². The van der Waals surface area contributed by atoms with Gasteiger partial charge in [-0.2, -0.15) is 13.2 Å². The highest BCUT2D eigenvalue weighted by Crippen LogP contribution is 2.42. The number of aliphatic carboxylic acids is 1. The van der Waals surface area contributed by atoms with Crippen LogP contribution in [0.1, 0.15) is 25.5 Å². The number of carbonyl (C=O) groups is 2. The molecule has 2 saturated heterocycles. The fourth-order valence-electron chi connectivity index (χ4n) is 4.07. The maximum absolute atomic E-state index is 12.4. The third-order valence-corrected chi connectivity index (χ3v) is 6.03. The minimum Gasteiger partial charge on any atom is -0.475 e. The number of amides is 1. The summed E-state index contributed by atoms with van der Waals surface area (Å²) in [5.74, 6) is -0.550. The van der Waals surface area contributed by atoms with Crippen molar-refractivity contribution in [3.63, 3.8) is 0 Å². The zero-order valence-corrected chi connectivity index (χ0v) is 17.3. The molecular formula is C21H27F3N2O5. The van der Waals surface area contributed by atoms with Crippen LogP contribution in [0, 0.1) is 23.7 Å². The Morgan fingerprint density at radius 2 is 2.03 bits per heavy atom. The number of hydrogen-bond acceptors (Lipinski definition) is 5. The van der Waals surface area contributed by atoms with Gasteiger partial charge in [-0.25, -0.2) is 4.79 Å². The molecule has 0 radical (unpaired) electrons. The van der Waals surface area contributed by atoms with Crippen molar-refractivity contribution >= 4 is 11.9 Å². The van der Waals surface area contributed by atoms with Crippen LogP contribution in [-0.2, 0) is 25.7 Å². The summed E-state index contributed by atoms with van der Waals surface area (Å²) in [5, 5.41) is 7.12. The highest BCUT2D eigenvalue weighted by atomic mass is 19.4. The third-order valence-electron chi connectivity index (χ3n) is 6.03. The van der Waals surface area contributed by atoms with Crippen molar-refractivity contribution in [2.45, 2.75) is 38.7 Å². The number of nitrogens with zero attached hydrogens (tertiary/aromatic N) is 2. The molecule has 3 heterocycles. The fraction of sp³-hybridized carbons (Fsp3) is 0.667. The van der Waals surface area contributed by atoms with E-state index in [1.165, 1.54) is 0 Å². The number of aromatic nitrogens is 1. The van der Waals surface area contributed by atoms with Crippen LogP contribution in [0.5, 0.6) is 0 Å². The SMILES string of the molecule is CC1CC1C(=O)N1C[C@H]2[C@@H](CCOCc3ccccn3)CO[C@H]2C1.O=C(O)C(F)(F)F. The molecule has 1 aliphatic carbocycles. The monoisotopic (exact) mass is 444 g/mol. The van der Waals surface area contributed by atoms with Gasteiger partial charge in [0.25, 0.3) is 0 Å². The standard InChI is InChI=1S/C19H26N2O3.C2HF3O2/c1-13-8-16(13)19(22)21-9-17-14(11-24-18(17)10-21)5-7-23-12-15-4-2-3-6-20-15;3-2(4,5)1(6)7/h2-4,6,13-14,16-18H,5,7-12H2,1H3;(H,6,7)/t13?,14-,16?,17-,18-;/m0./s1. The molecule has 3 fully saturated rings. The number of carbonyl (C=O) groups excluding carboxylic acids is 1. The summed E-state index contributed by atoms with van der Waals surface area (Å²) in [4.78, 5) is 27.6. The molecule has 1 aromatic heterocycles. The number of likely N-dealkylation sites (tertiary alicyclic amines) is 1. The van der Waals surface area contributed by atoms with E-state index in [0.717, 1.165) is 44.8 Å². The molecule has 1 N–H and O–H groups in total. The lowest BCUT2D eigenvalue weighted by molar-refractivity contribution is -0.192. The second kappa shape index (κ2) is 9.95. The smallest absolute Gasteiger partial charge is 0.475 e. The van der Waals surface area contributed by atoms with Crippen molar-refractivity contribution in [3.8, 4) is 0 Å². The normalized spacial score (nSPS) is 29.2. The molecule has 1 aromatic rings. The van der Waals surface area contributed by atoms with Crippen LogP contribution in [0.4, 0.5) is 13.2 Å². The van der Waals surface area contributed by atoms with Crippen LogP contribution < -0.4 is 0 Å². The minimum atomic E-state index is -5.08. The molecule has 0 aromatic carbocycles. The Morgan fingerprint density at radius 3 is 2.61 bits per heavy atom. The quantitative estimate of drug-likeness (QED) is 0.679. The van der Waals surface area contributed by atoms with Gasteiger partial charge in [-0.1, -0.05) is 13.0 Å². The molecule has 3 aliphatic rings. The maximum Gasteiger partial charge on any atom is 0.490 e. The maximum atomic E-state index is 12.4. The number of hydrogen-bond donors (Lipinski definition) is 1. The summed E-state index contributed by atoms with van der Waals surface area (Å²) in [5.41, 5.74) is 0.967. The zero-order chi connectivity index (χ0) is 22.6. The molecule has 0 spiro atoms. The van der Waals surface area contributed by atoms with E-state index in [-0.39, 0.29) is 12.0 Å². The fourth-order valence-corrected chi connectivity index (χ4v) is 4.07. The van der Waals surface area contributed by atoms with Crippen molar-refractivity contribution < 1.29 is 37.3 Å². The highest BCUT2D eigenvalue weighted by molar-refractivity contribution is 5.82.